The molecule has 3 N–H and O–H groups in total. The minimum atomic E-state index is -4.30. The van der Waals surface area contributed by atoms with Crippen LogP contribution in [0.3, 0.4) is 0 Å². The average molecular weight is 524 g/mol. The maximum atomic E-state index is 12.7. The van der Waals surface area contributed by atoms with Crippen LogP contribution < -0.4 is 21.5 Å². The fraction of sp³-hybridized carbons (Fsp3) is 0.304. The largest absolute Gasteiger partial charge is 0.504 e. The minimum absolute atomic E-state index is 0.0259. The summed E-state index contributed by atoms with van der Waals surface area (Å²) in [5.41, 5.74) is -0.729. The van der Waals surface area contributed by atoms with Crippen molar-refractivity contribution < 1.29 is 23.1 Å². The van der Waals surface area contributed by atoms with E-state index in [0.29, 0.717) is 17.5 Å². The van der Waals surface area contributed by atoms with Crippen molar-refractivity contribution in [2.75, 3.05) is 31.4 Å². The summed E-state index contributed by atoms with van der Waals surface area (Å²) in [6.45, 7) is 2.57. The summed E-state index contributed by atoms with van der Waals surface area (Å²) in [6, 6.07) is 11.9. The summed E-state index contributed by atoms with van der Waals surface area (Å²) < 4.78 is 31.6. The van der Waals surface area contributed by atoms with Crippen molar-refractivity contribution in [3.63, 3.8) is 0 Å². The van der Waals surface area contributed by atoms with E-state index >= 15 is 0 Å². The van der Waals surface area contributed by atoms with E-state index in [1.54, 1.807) is 0 Å². The molecule has 0 aromatic heterocycles. The van der Waals surface area contributed by atoms with Crippen LogP contribution in [-0.4, -0.2) is 44.8 Å². The Kier molecular flexibility index (Phi) is 8.51. The van der Waals surface area contributed by atoms with Gasteiger partial charge in [-0.25, -0.2) is 8.42 Å². The SMILES string of the molecule is CC[C@H](COCc1ccccc1)Nc1c(Nc2ccc(Cl)c(S(=O)(=O)N(C)OC)c2O)c(=O)c1=O. The fourth-order valence-corrected chi connectivity index (χ4v) is 4.83. The average Bonchev–Trinajstić information content (AvgIpc) is 2.85. The van der Waals surface area contributed by atoms with Crippen LogP contribution >= 0.6 is 11.6 Å². The molecule has 188 valence electrons. The number of nitrogens with zero attached hydrogens (tertiary/aromatic N) is 1. The Balaban J connectivity index is 1.80. The van der Waals surface area contributed by atoms with Crippen LogP contribution in [-0.2, 0) is 26.2 Å². The number of halogens is 1. The molecule has 0 heterocycles. The summed E-state index contributed by atoms with van der Waals surface area (Å²) in [5.74, 6) is -0.723. The topological polar surface area (TPSA) is 134 Å². The molecule has 1 atom stereocenters. The van der Waals surface area contributed by atoms with E-state index in [2.05, 4.69) is 10.6 Å². The molecule has 35 heavy (non-hydrogen) atoms. The highest BCUT2D eigenvalue weighted by atomic mass is 35.5. The fourth-order valence-electron chi connectivity index (χ4n) is 3.26. The first-order valence-electron chi connectivity index (χ1n) is 10.6. The third kappa shape index (κ3) is 5.65. The molecule has 0 unspecified atom stereocenters. The highest BCUT2D eigenvalue weighted by Crippen LogP contribution is 2.39. The molecule has 3 aromatic carbocycles. The predicted molar refractivity (Wildman–Crippen MR) is 134 cm³/mol. The lowest BCUT2D eigenvalue weighted by molar-refractivity contribution is -0.0259. The molecular formula is C23H26ClN3O7S. The zero-order chi connectivity index (χ0) is 25.8. The number of hydroxylamine groups is 1. The lowest BCUT2D eigenvalue weighted by atomic mass is 10.1. The van der Waals surface area contributed by atoms with E-state index in [9.17, 15) is 23.1 Å². The number of phenolic OH excluding ortho intramolecular Hbond substituents is 1. The number of benzene rings is 2. The van der Waals surface area contributed by atoms with E-state index < -0.39 is 31.5 Å². The summed E-state index contributed by atoms with van der Waals surface area (Å²) in [4.78, 5) is 28.6. The quantitative estimate of drug-likeness (QED) is 0.186. The van der Waals surface area contributed by atoms with E-state index in [-0.39, 0.29) is 34.7 Å². The van der Waals surface area contributed by atoms with Gasteiger partial charge in [0.2, 0.25) is 0 Å². The molecule has 0 radical (unpaired) electrons. The minimum Gasteiger partial charge on any atom is -0.504 e. The summed E-state index contributed by atoms with van der Waals surface area (Å²) in [7, 11) is -2.03. The number of sulfonamides is 1. The molecule has 10 nitrogen and oxygen atoms in total. The number of phenols is 1. The van der Waals surface area contributed by atoms with Gasteiger partial charge in [0.05, 0.1) is 31.0 Å². The number of anilines is 3. The van der Waals surface area contributed by atoms with Crippen LogP contribution in [0, 0.1) is 0 Å². The van der Waals surface area contributed by atoms with Gasteiger partial charge >= 0.3 is 0 Å². The van der Waals surface area contributed by atoms with Gasteiger partial charge < -0.3 is 20.5 Å². The van der Waals surface area contributed by atoms with Gasteiger partial charge in [-0.1, -0.05) is 53.3 Å². The number of aromatic hydroxyl groups is 1. The highest BCUT2D eigenvalue weighted by Gasteiger charge is 2.31. The first-order valence-corrected chi connectivity index (χ1v) is 12.5. The van der Waals surface area contributed by atoms with Gasteiger partial charge in [0.25, 0.3) is 20.9 Å². The van der Waals surface area contributed by atoms with Crippen LogP contribution in [0.4, 0.5) is 17.1 Å². The van der Waals surface area contributed by atoms with Crippen molar-refractivity contribution in [3.8, 4) is 5.75 Å². The second-order valence-electron chi connectivity index (χ2n) is 7.65. The number of nitrogens with one attached hydrogen (secondary N) is 2. The normalized spacial score (nSPS) is 12.7. The third-order valence-electron chi connectivity index (χ3n) is 5.38. The van der Waals surface area contributed by atoms with Gasteiger partial charge in [-0.3, -0.25) is 14.4 Å². The molecule has 0 fully saturated rings. The molecule has 0 spiro atoms. The summed E-state index contributed by atoms with van der Waals surface area (Å²) in [6.07, 6.45) is 0.602. The van der Waals surface area contributed by atoms with Crippen LogP contribution in [0.15, 0.2) is 56.9 Å². The molecule has 0 aliphatic heterocycles. The lowest BCUT2D eigenvalue weighted by Crippen LogP contribution is -2.40. The second-order valence-corrected chi connectivity index (χ2v) is 9.93. The zero-order valence-corrected chi connectivity index (χ0v) is 20.9. The molecule has 0 saturated carbocycles. The number of hydrogen-bond donors (Lipinski definition) is 3. The second kappa shape index (κ2) is 11.2. The Bertz CT molecular complexity index is 1360. The smallest absolute Gasteiger partial charge is 0.269 e. The molecule has 3 rings (SSSR count). The van der Waals surface area contributed by atoms with E-state index in [1.165, 1.54) is 12.1 Å². The van der Waals surface area contributed by atoms with Crippen molar-refractivity contribution in [2.45, 2.75) is 30.9 Å². The van der Waals surface area contributed by atoms with Gasteiger partial charge in [0.15, 0.2) is 5.75 Å². The number of rotatable bonds is 12. The monoisotopic (exact) mass is 523 g/mol. The maximum absolute atomic E-state index is 12.7. The molecule has 12 heteroatoms. The van der Waals surface area contributed by atoms with Crippen LogP contribution in [0.2, 0.25) is 5.02 Å². The Morgan fingerprint density at radius 2 is 1.74 bits per heavy atom. The zero-order valence-electron chi connectivity index (χ0n) is 19.4. The Morgan fingerprint density at radius 1 is 1.09 bits per heavy atom. The van der Waals surface area contributed by atoms with Crippen molar-refractivity contribution in [3.05, 3.63) is 73.5 Å². The first-order chi connectivity index (χ1) is 16.6. The third-order valence-corrected chi connectivity index (χ3v) is 7.56. The van der Waals surface area contributed by atoms with Crippen LogP contribution in [0.25, 0.3) is 0 Å². The summed E-state index contributed by atoms with van der Waals surface area (Å²) in [5, 5.41) is 16.1. The Labute approximate surface area is 207 Å². The van der Waals surface area contributed by atoms with Gasteiger partial charge in [-0.2, -0.15) is 0 Å². The van der Waals surface area contributed by atoms with Gasteiger partial charge in [-0.15, -0.1) is 0 Å². The lowest BCUT2D eigenvalue weighted by Gasteiger charge is -2.22. The Morgan fingerprint density at radius 3 is 2.37 bits per heavy atom. The van der Waals surface area contributed by atoms with Crippen molar-refractivity contribution >= 4 is 38.7 Å². The molecule has 0 bridgehead atoms. The first kappa shape index (κ1) is 26.6. The maximum Gasteiger partial charge on any atom is 0.269 e. The van der Waals surface area contributed by atoms with Crippen LogP contribution in [0.5, 0.6) is 5.75 Å². The molecular weight excluding hydrogens is 498 g/mol. The molecule has 0 aliphatic carbocycles. The molecule has 0 amide bonds. The van der Waals surface area contributed by atoms with Crippen molar-refractivity contribution in [1.29, 1.82) is 0 Å². The van der Waals surface area contributed by atoms with E-state index in [1.807, 2.05) is 37.3 Å². The van der Waals surface area contributed by atoms with E-state index in [0.717, 1.165) is 19.7 Å². The van der Waals surface area contributed by atoms with Gasteiger partial charge in [0, 0.05) is 13.1 Å². The highest BCUT2D eigenvalue weighted by molar-refractivity contribution is 7.89. The Hall–Kier alpha value is -2.96. The number of hydrogen-bond acceptors (Lipinski definition) is 9. The van der Waals surface area contributed by atoms with Crippen molar-refractivity contribution in [1.82, 2.24) is 4.47 Å². The standard InChI is InChI=1S/C23H26ClN3O7S/c1-4-15(13-34-12-14-8-6-5-7-9-14)25-18-19(22(30)21(18)29)26-17-11-10-16(24)23(20(17)28)35(31,32)27(2)33-3/h5-11,15,25-26,28H,4,12-13H2,1-3H3/t15-/m1/s1. The van der Waals surface area contributed by atoms with Gasteiger partial charge in [-0.05, 0) is 24.1 Å². The van der Waals surface area contributed by atoms with Crippen molar-refractivity contribution in [2.24, 2.45) is 0 Å². The van der Waals surface area contributed by atoms with Gasteiger partial charge in [0.1, 0.15) is 16.3 Å². The van der Waals surface area contributed by atoms with Crippen LogP contribution in [0.1, 0.15) is 18.9 Å². The van der Waals surface area contributed by atoms with E-state index in [4.69, 9.17) is 21.2 Å². The molecule has 0 saturated heterocycles. The molecule has 0 aliphatic rings. The predicted octanol–water partition coefficient (Wildman–Crippen LogP) is 2.97. The summed E-state index contributed by atoms with van der Waals surface area (Å²) >= 11 is 6.02. The molecule has 3 aromatic rings. The number of ether oxygens (including phenoxy) is 1.